The molecule has 474 valence electrons. The largest absolute Gasteiger partial charge is 0.472 e. The van der Waals surface area contributed by atoms with Crippen molar-refractivity contribution >= 4 is 39.5 Å². The number of phosphoric ester groups is 2. The number of aliphatic hydroxyl groups is 1. The smallest absolute Gasteiger partial charge is 0.462 e. The third-order valence-electron chi connectivity index (χ3n) is 13.8. The van der Waals surface area contributed by atoms with Gasteiger partial charge in [0.05, 0.1) is 26.4 Å². The highest BCUT2D eigenvalue weighted by molar-refractivity contribution is 7.47. The number of carbonyl (C=O) groups is 4. The van der Waals surface area contributed by atoms with Crippen LogP contribution in [0.2, 0.25) is 0 Å². The Balaban J connectivity index is 5.24. The number of esters is 4. The first-order chi connectivity index (χ1) is 38.1. The number of ether oxygens (including phenoxy) is 4. The molecule has 0 aliphatic carbocycles. The van der Waals surface area contributed by atoms with Crippen molar-refractivity contribution in [2.24, 2.45) is 23.7 Å². The maximum Gasteiger partial charge on any atom is 0.472 e. The molecular formula is C61H118O17P2. The molecule has 19 heteroatoms. The maximum atomic E-state index is 12.9. The van der Waals surface area contributed by atoms with E-state index >= 15 is 0 Å². The Kier molecular flexibility index (Phi) is 50.2. The third-order valence-corrected chi connectivity index (χ3v) is 15.7. The molecule has 0 saturated heterocycles. The molecular weight excluding hydrogens is 1070 g/mol. The summed E-state index contributed by atoms with van der Waals surface area (Å²) in [6, 6.07) is 0. The molecule has 3 unspecified atom stereocenters. The predicted molar refractivity (Wildman–Crippen MR) is 317 cm³/mol. The Morgan fingerprint density at radius 1 is 0.312 bits per heavy atom. The molecule has 0 amide bonds. The average molecular weight is 1190 g/mol. The molecule has 0 aromatic carbocycles. The number of carbonyl (C=O) groups excluding carboxylic acids is 4. The summed E-state index contributed by atoms with van der Waals surface area (Å²) >= 11 is 0. The van der Waals surface area contributed by atoms with Crippen molar-refractivity contribution in [1.82, 2.24) is 0 Å². The van der Waals surface area contributed by atoms with Gasteiger partial charge in [-0.3, -0.25) is 37.3 Å². The minimum atomic E-state index is -4.94. The van der Waals surface area contributed by atoms with Crippen molar-refractivity contribution in [2.45, 2.75) is 305 Å². The predicted octanol–water partition coefficient (Wildman–Crippen LogP) is 16.2. The van der Waals surface area contributed by atoms with E-state index in [4.69, 9.17) is 37.0 Å². The Bertz CT molecular complexity index is 1610. The second-order valence-corrected chi connectivity index (χ2v) is 26.9. The molecule has 0 radical (unpaired) electrons. The fourth-order valence-corrected chi connectivity index (χ4v) is 10.5. The van der Waals surface area contributed by atoms with Crippen molar-refractivity contribution in [2.75, 3.05) is 39.6 Å². The summed E-state index contributed by atoms with van der Waals surface area (Å²) in [6.07, 6.45) is 29.8. The van der Waals surface area contributed by atoms with Gasteiger partial charge in [-0.2, -0.15) is 0 Å². The first kappa shape index (κ1) is 78.1. The van der Waals surface area contributed by atoms with Gasteiger partial charge in [0, 0.05) is 25.7 Å². The Labute approximate surface area is 486 Å². The van der Waals surface area contributed by atoms with Gasteiger partial charge in [0.25, 0.3) is 0 Å². The Morgan fingerprint density at radius 2 is 0.525 bits per heavy atom. The molecule has 5 atom stereocenters. The molecule has 0 aliphatic heterocycles. The van der Waals surface area contributed by atoms with Crippen molar-refractivity contribution in [1.29, 1.82) is 0 Å². The summed E-state index contributed by atoms with van der Waals surface area (Å²) in [7, 11) is -9.88. The van der Waals surface area contributed by atoms with Gasteiger partial charge in [-0.25, -0.2) is 9.13 Å². The number of unbranched alkanes of at least 4 members (excludes halogenated alkanes) is 24. The van der Waals surface area contributed by atoms with Crippen LogP contribution in [0.4, 0.5) is 0 Å². The van der Waals surface area contributed by atoms with Crippen LogP contribution in [-0.4, -0.2) is 96.7 Å². The fourth-order valence-electron chi connectivity index (χ4n) is 8.90. The number of phosphoric acid groups is 2. The van der Waals surface area contributed by atoms with Crippen LogP contribution < -0.4 is 0 Å². The van der Waals surface area contributed by atoms with Crippen LogP contribution >= 0.6 is 15.6 Å². The molecule has 0 rings (SSSR count). The topological polar surface area (TPSA) is 237 Å². The Hall–Kier alpha value is -1.94. The lowest BCUT2D eigenvalue weighted by Gasteiger charge is -2.21. The molecule has 0 saturated carbocycles. The molecule has 0 aromatic rings. The highest BCUT2D eigenvalue weighted by Gasteiger charge is 2.30. The zero-order valence-corrected chi connectivity index (χ0v) is 53.5. The molecule has 0 aliphatic rings. The van der Waals surface area contributed by atoms with E-state index in [0.29, 0.717) is 37.5 Å². The van der Waals surface area contributed by atoms with Crippen LogP contribution in [0.3, 0.4) is 0 Å². The van der Waals surface area contributed by atoms with E-state index < -0.39 is 97.5 Å². The maximum absolute atomic E-state index is 12.9. The number of aliphatic hydroxyl groups excluding tert-OH is 1. The van der Waals surface area contributed by atoms with Crippen LogP contribution in [0.1, 0.15) is 287 Å². The van der Waals surface area contributed by atoms with Gasteiger partial charge >= 0.3 is 39.5 Å². The average Bonchev–Trinajstić information content (AvgIpc) is 3.39. The quantitative estimate of drug-likeness (QED) is 0.0222. The van der Waals surface area contributed by atoms with Crippen molar-refractivity contribution < 1.29 is 80.2 Å². The van der Waals surface area contributed by atoms with Gasteiger partial charge in [-0.05, 0) is 49.4 Å². The van der Waals surface area contributed by atoms with Crippen LogP contribution in [0, 0.1) is 23.7 Å². The summed E-state index contributed by atoms with van der Waals surface area (Å²) in [5, 5.41) is 10.5. The molecule has 0 fully saturated rings. The molecule has 0 aromatic heterocycles. The molecule has 17 nitrogen and oxygen atoms in total. The van der Waals surface area contributed by atoms with E-state index in [9.17, 15) is 43.2 Å². The highest BCUT2D eigenvalue weighted by Crippen LogP contribution is 2.45. The number of hydrogen-bond donors (Lipinski definition) is 3. The highest BCUT2D eigenvalue weighted by atomic mass is 31.2. The summed E-state index contributed by atoms with van der Waals surface area (Å²) in [5.74, 6) is 0.643. The number of rotatable bonds is 58. The van der Waals surface area contributed by atoms with Crippen molar-refractivity contribution in [3.63, 3.8) is 0 Å². The van der Waals surface area contributed by atoms with E-state index in [2.05, 4.69) is 55.4 Å². The van der Waals surface area contributed by atoms with Gasteiger partial charge in [-0.1, -0.05) is 235 Å². The first-order valence-corrected chi connectivity index (χ1v) is 34.7. The van der Waals surface area contributed by atoms with E-state index in [1.165, 1.54) is 83.5 Å². The second kappa shape index (κ2) is 51.5. The molecule has 0 bridgehead atoms. The molecule has 0 spiro atoms. The minimum Gasteiger partial charge on any atom is -0.462 e. The van der Waals surface area contributed by atoms with Crippen LogP contribution in [0.25, 0.3) is 0 Å². The summed E-state index contributed by atoms with van der Waals surface area (Å²) < 4.78 is 67.8. The molecule has 80 heavy (non-hydrogen) atoms. The summed E-state index contributed by atoms with van der Waals surface area (Å²) in [6.45, 7) is 13.8. The second-order valence-electron chi connectivity index (χ2n) is 24.0. The molecule has 0 heterocycles. The summed E-state index contributed by atoms with van der Waals surface area (Å²) in [4.78, 5) is 72.0. The van der Waals surface area contributed by atoms with Gasteiger partial charge in [0.2, 0.25) is 0 Å². The fraction of sp³-hybridized carbons (Fsp3) is 0.934. The lowest BCUT2D eigenvalue weighted by molar-refractivity contribution is -0.161. The van der Waals surface area contributed by atoms with Crippen LogP contribution in [0.15, 0.2) is 0 Å². The van der Waals surface area contributed by atoms with E-state index in [0.717, 1.165) is 108 Å². The lowest BCUT2D eigenvalue weighted by Crippen LogP contribution is -2.30. The van der Waals surface area contributed by atoms with Gasteiger partial charge in [0.15, 0.2) is 12.2 Å². The van der Waals surface area contributed by atoms with Gasteiger partial charge in [-0.15, -0.1) is 0 Å². The summed E-state index contributed by atoms with van der Waals surface area (Å²) in [5.41, 5.74) is 0. The SMILES string of the molecule is CC(C)CCCCCCCCCCC(=O)OC[C@H](COP(=O)(O)OCC(O)COP(=O)(O)OC[C@@H](COC(=O)CCCCCCCCC(C)C)OC(=O)CCCCCCCCC(C)C)OC(=O)CCCCCCCCCCC(C)C. The zero-order valence-electron chi connectivity index (χ0n) is 51.7. The van der Waals surface area contributed by atoms with E-state index in [-0.39, 0.29) is 25.7 Å². The monoisotopic (exact) mass is 1180 g/mol. The van der Waals surface area contributed by atoms with Gasteiger partial charge in [0.1, 0.15) is 19.3 Å². The minimum absolute atomic E-state index is 0.100. The van der Waals surface area contributed by atoms with E-state index in [1.807, 2.05) is 0 Å². The lowest BCUT2D eigenvalue weighted by atomic mass is 10.0. The van der Waals surface area contributed by atoms with E-state index in [1.54, 1.807) is 0 Å². The first-order valence-electron chi connectivity index (χ1n) is 31.7. The van der Waals surface area contributed by atoms with Crippen LogP contribution in [-0.2, 0) is 65.4 Å². The van der Waals surface area contributed by atoms with Crippen molar-refractivity contribution in [3.05, 3.63) is 0 Å². The molecule has 3 N–H and O–H groups in total. The standard InChI is InChI=1S/C61H118O17P2/c1-51(2)37-29-21-13-9-11-15-25-33-41-58(63)71-47-56(77-60(65)43-35-27-16-12-10-14-22-30-38-52(3)4)49-75-79(67,68)73-45-55(62)46-74-80(69,70)76-50-57(78-61(66)44-36-28-20-18-24-32-40-54(7)8)48-72-59(64)42-34-26-19-17-23-31-39-53(5)6/h51-57,62H,9-50H2,1-8H3,(H,67,68)(H,69,70)/t55?,56-,57-/m1/s1. The normalized spacial score (nSPS) is 14.5. The Morgan fingerprint density at radius 3 is 0.775 bits per heavy atom. The zero-order chi connectivity index (χ0) is 59.7. The number of hydrogen-bond acceptors (Lipinski definition) is 15. The third kappa shape index (κ3) is 55.3. The van der Waals surface area contributed by atoms with Crippen molar-refractivity contribution in [3.8, 4) is 0 Å². The van der Waals surface area contributed by atoms with Gasteiger partial charge < -0.3 is 33.8 Å². The van der Waals surface area contributed by atoms with Crippen LogP contribution in [0.5, 0.6) is 0 Å².